The van der Waals surface area contributed by atoms with Gasteiger partial charge in [-0.15, -0.1) is 0 Å². The quantitative estimate of drug-likeness (QED) is 0.153. The third-order valence-electron chi connectivity index (χ3n) is 6.46. The largest absolute Gasteiger partial charge is 0.461 e. The molecule has 29 heavy (non-hydrogen) atoms. The van der Waals surface area contributed by atoms with Gasteiger partial charge in [-0.3, -0.25) is 9.69 Å². The number of hydrogen-bond acceptors (Lipinski definition) is 3. The molecule has 172 valence electrons. The lowest BCUT2D eigenvalue weighted by Crippen LogP contribution is -2.24. The molecule has 0 spiro atoms. The summed E-state index contributed by atoms with van der Waals surface area (Å²) in [6.45, 7) is 7.53. The minimum Gasteiger partial charge on any atom is -0.461 e. The van der Waals surface area contributed by atoms with E-state index in [1.54, 1.807) is 0 Å². The number of likely N-dealkylation sites (tertiary alicyclic amines) is 1. The average Bonchev–Trinajstić information content (AvgIpc) is 3.17. The Morgan fingerprint density at radius 2 is 1.17 bits per heavy atom. The lowest BCUT2D eigenvalue weighted by molar-refractivity contribution is -0.148. The summed E-state index contributed by atoms with van der Waals surface area (Å²) in [6, 6.07) is 0. The second kappa shape index (κ2) is 19.4. The standard InChI is InChI=1S/C26H51NO2/c1-3-5-6-7-8-9-10-11-12-13-14-15-16-17-18-19-20-21-26(28)29-25-22-23-27(4-2)24-25/h25H,3-24H2,1-2H3. The van der Waals surface area contributed by atoms with E-state index in [1.165, 1.54) is 103 Å². The minimum atomic E-state index is 0.0221. The van der Waals surface area contributed by atoms with Crippen LogP contribution in [-0.4, -0.2) is 36.6 Å². The highest BCUT2D eigenvalue weighted by atomic mass is 16.5. The maximum atomic E-state index is 11.9. The highest BCUT2D eigenvalue weighted by molar-refractivity contribution is 5.69. The third kappa shape index (κ3) is 15.9. The highest BCUT2D eigenvalue weighted by Gasteiger charge is 2.24. The van der Waals surface area contributed by atoms with Crippen LogP contribution in [0.25, 0.3) is 0 Å². The number of hydrogen-bond donors (Lipinski definition) is 0. The lowest BCUT2D eigenvalue weighted by atomic mass is 10.0. The molecular formula is C26H51NO2. The molecule has 1 unspecified atom stereocenters. The van der Waals surface area contributed by atoms with Gasteiger partial charge in [0.15, 0.2) is 0 Å². The summed E-state index contributed by atoms with van der Waals surface area (Å²) in [4.78, 5) is 14.3. The van der Waals surface area contributed by atoms with Crippen molar-refractivity contribution in [2.45, 2.75) is 142 Å². The van der Waals surface area contributed by atoms with Crippen LogP contribution in [0.5, 0.6) is 0 Å². The number of unbranched alkanes of at least 4 members (excludes halogenated alkanes) is 16. The summed E-state index contributed by atoms with van der Waals surface area (Å²) in [7, 11) is 0. The highest BCUT2D eigenvalue weighted by Crippen LogP contribution is 2.16. The fraction of sp³-hybridized carbons (Fsp3) is 0.962. The van der Waals surface area contributed by atoms with Crippen molar-refractivity contribution in [2.24, 2.45) is 0 Å². The normalized spacial score (nSPS) is 17.1. The smallest absolute Gasteiger partial charge is 0.306 e. The summed E-state index contributed by atoms with van der Waals surface area (Å²) in [6.07, 6.45) is 25.1. The van der Waals surface area contributed by atoms with Gasteiger partial charge in [-0.2, -0.15) is 0 Å². The second-order valence-electron chi connectivity index (χ2n) is 9.20. The molecule has 1 fully saturated rings. The molecule has 0 saturated carbocycles. The molecule has 3 heteroatoms. The van der Waals surface area contributed by atoms with E-state index in [9.17, 15) is 4.79 Å². The van der Waals surface area contributed by atoms with Gasteiger partial charge in [-0.05, 0) is 19.4 Å². The molecule has 0 bridgehead atoms. The van der Waals surface area contributed by atoms with E-state index < -0.39 is 0 Å². The maximum absolute atomic E-state index is 11.9. The Kier molecular flexibility index (Phi) is 17.7. The molecule has 1 atom stereocenters. The van der Waals surface area contributed by atoms with Crippen LogP contribution in [0, 0.1) is 0 Å². The van der Waals surface area contributed by atoms with Gasteiger partial charge in [0, 0.05) is 19.5 Å². The molecule has 3 nitrogen and oxygen atoms in total. The summed E-state index contributed by atoms with van der Waals surface area (Å²) in [5.41, 5.74) is 0. The molecule has 1 aliphatic rings. The van der Waals surface area contributed by atoms with Crippen molar-refractivity contribution in [1.29, 1.82) is 0 Å². The van der Waals surface area contributed by atoms with Crippen molar-refractivity contribution in [3.8, 4) is 0 Å². The number of esters is 1. The zero-order valence-corrected chi connectivity index (χ0v) is 19.9. The number of rotatable bonds is 20. The Morgan fingerprint density at radius 3 is 1.59 bits per heavy atom. The van der Waals surface area contributed by atoms with Crippen molar-refractivity contribution in [3.63, 3.8) is 0 Å². The SMILES string of the molecule is CCCCCCCCCCCCCCCCCCCC(=O)OC1CCN(CC)C1. The zero-order chi connectivity index (χ0) is 21.0. The molecule has 0 aliphatic carbocycles. The number of ether oxygens (including phenoxy) is 1. The van der Waals surface area contributed by atoms with Crippen LogP contribution in [0.3, 0.4) is 0 Å². The monoisotopic (exact) mass is 409 g/mol. The maximum Gasteiger partial charge on any atom is 0.306 e. The zero-order valence-electron chi connectivity index (χ0n) is 19.9. The summed E-state index contributed by atoms with van der Waals surface area (Å²) < 4.78 is 5.59. The molecule has 0 amide bonds. The predicted octanol–water partition coefficient (Wildman–Crippen LogP) is 7.67. The van der Waals surface area contributed by atoms with Crippen molar-refractivity contribution in [1.82, 2.24) is 4.90 Å². The first kappa shape index (κ1) is 26.5. The van der Waals surface area contributed by atoms with Gasteiger partial charge in [0.25, 0.3) is 0 Å². The Morgan fingerprint density at radius 1 is 0.724 bits per heavy atom. The molecule has 1 aliphatic heterocycles. The molecule has 1 rings (SSSR count). The van der Waals surface area contributed by atoms with Crippen LogP contribution in [0.1, 0.15) is 136 Å². The number of carbonyl (C=O) groups excluding carboxylic acids is 1. The van der Waals surface area contributed by atoms with Crippen LogP contribution in [-0.2, 0) is 9.53 Å². The molecular weight excluding hydrogens is 358 g/mol. The van der Waals surface area contributed by atoms with E-state index in [4.69, 9.17) is 4.74 Å². The van der Waals surface area contributed by atoms with Gasteiger partial charge in [-0.1, -0.05) is 117 Å². The van der Waals surface area contributed by atoms with E-state index in [-0.39, 0.29) is 12.1 Å². The minimum absolute atomic E-state index is 0.0221. The summed E-state index contributed by atoms with van der Waals surface area (Å²) in [5.74, 6) is 0.0221. The van der Waals surface area contributed by atoms with E-state index in [1.807, 2.05) is 0 Å². The molecule has 0 aromatic heterocycles. The summed E-state index contributed by atoms with van der Waals surface area (Å²) in [5, 5.41) is 0. The van der Waals surface area contributed by atoms with E-state index in [0.29, 0.717) is 6.42 Å². The molecule has 0 N–H and O–H groups in total. The van der Waals surface area contributed by atoms with Crippen molar-refractivity contribution < 1.29 is 9.53 Å². The fourth-order valence-electron chi connectivity index (χ4n) is 4.42. The van der Waals surface area contributed by atoms with E-state index in [0.717, 1.165) is 32.5 Å². The first-order chi connectivity index (χ1) is 14.3. The molecule has 0 radical (unpaired) electrons. The Bertz CT molecular complexity index is 372. The van der Waals surface area contributed by atoms with Crippen LogP contribution in [0.4, 0.5) is 0 Å². The molecule has 0 aromatic rings. The van der Waals surface area contributed by atoms with Crippen molar-refractivity contribution in [2.75, 3.05) is 19.6 Å². The molecule has 1 saturated heterocycles. The average molecular weight is 410 g/mol. The second-order valence-corrected chi connectivity index (χ2v) is 9.20. The molecule has 0 aromatic carbocycles. The summed E-state index contributed by atoms with van der Waals surface area (Å²) >= 11 is 0. The Labute approximate surface area is 182 Å². The van der Waals surface area contributed by atoms with E-state index >= 15 is 0 Å². The van der Waals surface area contributed by atoms with E-state index in [2.05, 4.69) is 18.7 Å². The van der Waals surface area contributed by atoms with Crippen LogP contribution in [0.15, 0.2) is 0 Å². The molecule has 1 heterocycles. The van der Waals surface area contributed by atoms with Crippen LogP contribution in [0.2, 0.25) is 0 Å². The van der Waals surface area contributed by atoms with Crippen molar-refractivity contribution >= 4 is 5.97 Å². The lowest BCUT2D eigenvalue weighted by Gasteiger charge is -2.13. The third-order valence-corrected chi connectivity index (χ3v) is 6.46. The van der Waals surface area contributed by atoms with Gasteiger partial charge < -0.3 is 4.74 Å². The van der Waals surface area contributed by atoms with Crippen LogP contribution < -0.4 is 0 Å². The number of carbonyl (C=O) groups is 1. The fourth-order valence-corrected chi connectivity index (χ4v) is 4.42. The Hall–Kier alpha value is -0.570. The van der Waals surface area contributed by atoms with Crippen molar-refractivity contribution in [3.05, 3.63) is 0 Å². The Balaban J connectivity index is 1.73. The van der Waals surface area contributed by atoms with Gasteiger partial charge in [-0.25, -0.2) is 0 Å². The first-order valence-corrected chi connectivity index (χ1v) is 13.2. The van der Waals surface area contributed by atoms with Gasteiger partial charge in [0.05, 0.1) is 0 Å². The van der Waals surface area contributed by atoms with Gasteiger partial charge in [0.1, 0.15) is 6.10 Å². The van der Waals surface area contributed by atoms with Gasteiger partial charge >= 0.3 is 5.97 Å². The first-order valence-electron chi connectivity index (χ1n) is 13.2. The number of likely N-dealkylation sites (N-methyl/N-ethyl adjacent to an activating group) is 1. The predicted molar refractivity (Wildman–Crippen MR) is 125 cm³/mol. The number of nitrogens with zero attached hydrogens (tertiary/aromatic N) is 1. The van der Waals surface area contributed by atoms with Crippen LogP contribution >= 0.6 is 0 Å². The topological polar surface area (TPSA) is 29.5 Å². The van der Waals surface area contributed by atoms with Gasteiger partial charge in [0.2, 0.25) is 0 Å².